The number of halogens is 3. The van der Waals surface area contributed by atoms with E-state index in [9.17, 15) is 0 Å². The van der Waals surface area contributed by atoms with E-state index < -0.39 is 15.0 Å². The van der Waals surface area contributed by atoms with Crippen molar-refractivity contribution in [2.75, 3.05) is 34.7 Å². The van der Waals surface area contributed by atoms with Crippen molar-refractivity contribution in [2.24, 2.45) is 0 Å². The zero-order valence-electron chi connectivity index (χ0n) is 8.70. The van der Waals surface area contributed by atoms with Crippen LogP contribution in [0, 0.1) is 0 Å². The van der Waals surface area contributed by atoms with E-state index in [0.717, 1.165) is 17.4 Å². The molecule has 0 saturated heterocycles. The number of nitrogens with one attached hydrogen (secondary N) is 1. The first-order chi connectivity index (χ1) is 5.79. The first-order valence-electron chi connectivity index (χ1n) is 4.12. The first-order valence-corrected chi connectivity index (χ1v) is 17.0. The molecule has 6 heteroatoms. The van der Waals surface area contributed by atoms with Crippen LogP contribution in [0.1, 0.15) is 6.42 Å². The zero-order valence-corrected chi connectivity index (χ0v) is 13.8. The summed E-state index contributed by atoms with van der Waals surface area (Å²) in [4.78, 5) is 2.00. The van der Waals surface area contributed by atoms with Crippen LogP contribution in [-0.4, -0.2) is 54.6 Å². The van der Waals surface area contributed by atoms with E-state index >= 15 is 0 Å². The number of hydrogen-bond acceptors (Lipinski definition) is 2. The Hall–Kier alpha value is 1.59. The first kappa shape index (κ1) is 17.0. The Balaban J connectivity index is 0. The van der Waals surface area contributed by atoms with Gasteiger partial charge in [-0.2, -0.15) is 0 Å². The summed E-state index contributed by atoms with van der Waals surface area (Å²) in [6.45, 7) is 0.949. The van der Waals surface area contributed by atoms with Gasteiger partial charge in [0, 0.05) is 0 Å². The predicted octanol–water partition coefficient (Wildman–Crippen LogP) is 2.43. The molecule has 0 spiro atoms. The van der Waals surface area contributed by atoms with Crippen LogP contribution in [0.2, 0.25) is 4.44 Å². The third kappa shape index (κ3) is 31.7. The molecule has 0 aromatic rings. The Bertz CT molecular complexity index is 104. The predicted molar refractivity (Wildman–Crippen MR) is 66.3 cm³/mol. The summed E-state index contributed by atoms with van der Waals surface area (Å²) >= 11 is -2.96. The molecular weight excluding hydrogens is 337 g/mol. The molecule has 0 bridgehead atoms. The van der Waals surface area contributed by atoms with Crippen LogP contribution >= 0.6 is 26.8 Å². The SMILES string of the molecule is CN(C)C.CNCC[CH2][Sn]([Cl])([Cl])[Cl]. The molecule has 0 rings (SSSR count). The van der Waals surface area contributed by atoms with Gasteiger partial charge in [-0.15, -0.1) is 0 Å². The van der Waals surface area contributed by atoms with Gasteiger partial charge in [0.2, 0.25) is 0 Å². The molecule has 2 nitrogen and oxygen atoms in total. The van der Waals surface area contributed by atoms with E-state index in [1.807, 2.05) is 33.1 Å². The van der Waals surface area contributed by atoms with Gasteiger partial charge >= 0.3 is 71.5 Å². The van der Waals surface area contributed by atoms with Crippen molar-refractivity contribution in [1.82, 2.24) is 10.2 Å². The maximum atomic E-state index is 5.68. The van der Waals surface area contributed by atoms with E-state index in [1.165, 1.54) is 0 Å². The van der Waals surface area contributed by atoms with E-state index in [-0.39, 0.29) is 0 Å². The summed E-state index contributed by atoms with van der Waals surface area (Å²) < 4.78 is 0.820. The van der Waals surface area contributed by atoms with E-state index in [4.69, 9.17) is 26.8 Å². The molecule has 0 radical (unpaired) electrons. The zero-order chi connectivity index (χ0) is 10.9. The van der Waals surface area contributed by atoms with Crippen molar-refractivity contribution >= 4 is 41.8 Å². The molecule has 0 saturated carbocycles. The van der Waals surface area contributed by atoms with E-state index in [0.29, 0.717) is 0 Å². The summed E-state index contributed by atoms with van der Waals surface area (Å²) in [7, 11) is 24.9. The fourth-order valence-electron chi connectivity index (χ4n) is 0.466. The Labute approximate surface area is 96.9 Å². The normalized spacial score (nSPS) is 11.1. The molecule has 13 heavy (non-hydrogen) atoms. The van der Waals surface area contributed by atoms with Crippen LogP contribution in [0.25, 0.3) is 0 Å². The maximum absolute atomic E-state index is 5.68. The standard InChI is InChI=1S/C4H10N.C3H9N.3ClH.Sn/c1-3-4-5-2;1-4(2)3;;;;/h5H,1,3-4H2,2H3;1-3H3;3*1H;/q;;;;;+3/p-3. The molecular formula is C7H19Cl3N2Sn. The van der Waals surface area contributed by atoms with Crippen molar-refractivity contribution < 1.29 is 0 Å². The Morgan fingerprint density at radius 2 is 1.54 bits per heavy atom. The van der Waals surface area contributed by atoms with Crippen LogP contribution in [0.5, 0.6) is 0 Å². The number of nitrogens with zero attached hydrogens (tertiary/aromatic N) is 1. The van der Waals surface area contributed by atoms with Crippen molar-refractivity contribution in [2.45, 2.75) is 10.9 Å². The van der Waals surface area contributed by atoms with Crippen LogP contribution in [-0.2, 0) is 0 Å². The van der Waals surface area contributed by atoms with Gasteiger partial charge in [-0.25, -0.2) is 0 Å². The molecule has 0 aliphatic carbocycles. The van der Waals surface area contributed by atoms with Crippen LogP contribution in [0.4, 0.5) is 0 Å². The van der Waals surface area contributed by atoms with Crippen molar-refractivity contribution in [3.05, 3.63) is 0 Å². The summed E-state index contributed by atoms with van der Waals surface area (Å²) in [5.74, 6) is 0. The Morgan fingerprint density at radius 3 is 1.77 bits per heavy atom. The molecule has 0 amide bonds. The van der Waals surface area contributed by atoms with Crippen LogP contribution in [0.3, 0.4) is 0 Å². The van der Waals surface area contributed by atoms with Crippen molar-refractivity contribution in [3.8, 4) is 0 Å². The molecule has 0 aromatic carbocycles. The van der Waals surface area contributed by atoms with Gasteiger partial charge in [-0.3, -0.25) is 0 Å². The van der Waals surface area contributed by atoms with Gasteiger partial charge in [0.25, 0.3) is 0 Å². The minimum atomic E-state index is -2.96. The summed E-state index contributed by atoms with van der Waals surface area (Å²) in [6.07, 6.45) is 0.989. The van der Waals surface area contributed by atoms with Crippen molar-refractivity contribution in [3.63, 3.8) is 0 Å². The average Bonchev–Trinajstić information content (AvgIpc) is 1.83. The third-order valence-electron chi connectivity index (χ3n) is 0.887. The summed E-state index contributed by atoms with van der Waals surface area (Å²) in [6, 6.07) is 0. The second kappa shape index (κ2) is 10.1. The number of rotatable bonds is 4. The quantitative estimate of drug-likeness (QED) is 0.615. The molecule has 1 N–H and O–H groups in total. The third-order valence-corrected chi connectivity index (χ3v) is 7.32. The fraction of sp³-hybridized carbons (Fsp3) is 1.00. The summed E-state index contributed by atoms with van der Waals surface area (Å²) in [5, 5.41) is 3.00. The van der Waals surface area contributed by atoms with Gasteiger partial charge in [-0.05, 0) is 21.1 Å². The monoisotopic (exact) mass is 356 g/mol. The second-order valence-corrected chi connectivity index (χ2v) is 25.0. The molecule has 0 aliphatic heterocycles. The van der Waals surface area contributed by atoms with Gasteiger partial charge in [0.1, 0.15) is 0 Å². The average molecular weight is 356 g/mol. The summed E-state index contributed by atoms with van der Waals surface area (Å²) in [5.41, 5.74) is 0. The molecule has 0 atom stereocenters. The van der Waals surface area contributed by atoms with Crippen molar-refractivity contribution in [1.29, 1.82) is 0 Å². The number of hydrogen-bond donors (Lipinski definition) is 1. The topological polar surface area (TPSA) is 15.3 Å². The Morgan fingerprint density at radius 1 is 1.15 bits per heavy atom. The molecule has 0 fully saturated rings. The molecule has 0 unspecified atom stereocenters. The molecule has 0 aromatic heterocycles. The molecule has 82 valence electrons. The second-order valence-electron chi connectivity index (χ2n) is 3.16. The van der Waals surface area contributed by atoms with Gasteiger partial charge in [0.05, 0.1) is 0 Å². The van der Waals surface area contributed by atoms with E-state index in [2.05, 4.69) is 5.32 Å². The van der Waals surface area contributed by atoms with Gasteiger partial charge in [-0.1, -0.05) is 0 Å². The molecule has 0 heterocycles. The van der Waals surface area contributed by atoms with Crippen LogP contribution in [0.15, 0.2) is 0 Å². The van der Waals surface area contributed by atoms with Crippen LogP contribution < -0.4 is 5.32 Å². The molecule has 0 aliphatic rings. The van der Waals surface area contributed by atoms with Gasteiger partial charge < -0.3 is 4.90 Å². The van der Waals surface area contributed by atoms with Gasteiger partial charge in [0.15, 0.2) is 0 Å². The Kier molecular flexibility index (Phi) is 13.2. The van der Waals surface area contributed by atoms with E-state index in [1.54, 1.807) is 0 Å². The minimum absolute atomic E-state index is 0.820. The fourth-order valence-corrected chi connectivity index (χ4v) is 4.80.